The second kappa shape index (κ2) is 6.32. The molecule has 1 atom stereocenters. The van der Waals surface area contributed by atoms with E-state index in [1.54, 1.807) is 31.4 Å². The van der Waals surface area contributed by atoms with E-state index in [1.807, 2.05) is 12.1 Å². The first kappa shape index (κ1) is 16.0. The van der Waals surface area contributed by atoms with Crippen LogP contribution in [0.4, 0.5) is 10.7 Å². The van der Waals surface area contributed by atoms with Crippen LogP contribution < -0.4 is 16.4 Å². The number of carbonyl (C=O) groups is 2. The topological polar surface area (TPSA) is 110 Å². The van der Waals surface area contributed by atoms with E-state index in [9.17, 15) is 9.59 Å². The monoisotopic (exact) mass is 344 g/mol. The number of oxazole rings is 1. The van der Waals surface area contributed by atoms with Crippen molar-refractivity contribution in [3.63, 3.8) is 0 Å². The maximum atomic E-state index is 12.3. The average molecular weight is 344 g/mol. The Morgan fingerprint density at radius 2 is 2.12 bits per heavy atom. The van der Waals surface area contributed by atoms with Crippen molar-refractivity contribution in [1.82, 2.24) is 4.98 Å². The normalized spacial score (nSPS) is 12.1. The van der Waals surface area contributed by atoms with Crippen molar-refractivity contribution in [2.45, 2.75) is 19.9 Å². The Balaban J connectivity index is 1.70. The molecule has 2 amide bonds. The van der Waals surface area contributed by atoms with Crippen LogP contribution in [0.2, 0.25) is 0 Å². The standard InChI is InChI=1S/C16H16N4O3S/c1-8(15(22)20-16-11(14(17)21)5-6-24-16)18-10-3-4-13-12(7-10)19-9(2)23-13/h3-8,18H,1-2H3,(H2,17,21)(H,20,22). The van der Waals surface area contributed by atoms with Crippen molar-refractivity contribution in [2.75, 3.05) is 10.6 Å². The number of amides is 2. The molecule has 3 aromatic rings. The lowest BCUT2D eigenvalue weighted by Gasteiger charge is -2.15. The van der Waals surface area contributed by atoms with Gasteiger partial charge in [0.25, 0.3) is 5.91 Å². The predicted molar refractivity (Wildman–Crippen MR) is 93.3 cm³/mol. The van der Waals surface area contributed by atoms with Crippen molar-refractivity contribution >= 4 is 44.9 Å². The van der Waals surface area contributed by atoms with E-state index in [0.29, 0.717) is 22.0 Å². The van der Waals surface area contributed by atoms with Crippen LogP contribution in [0.5, 0.6) is 0 Å². The zero-order chi connectivity index (χ0) is 17.3. The fourth-order valence-corrected chi connectivity index (χ4v) is 3.06. The molecule has 3 rings (SSSR count). The van der Waals surface area contributed by atoms with Gasteiger partial charge < -0.3 is 20.8 Å². The summed E-state index contributed by atoms with van der Waals surface area (Å²) in [5.74, 6) is -0.250. The van der Waals surface area contributed by atoms with Crippen LogP contribution in [0.25, 0.3) is 11.1 Å². The fourth-order valence-electron chi connectivity index (χ4n) is 2.27. The van der Waals surface area contributed by atoms with Gasteiger partial charge in [0, 0.05) is 12.6 Å². The Labute approximate surface area is 141 Å². The smallest absolute Gasteiger partial charge is 0.251 e. The summed E-state index contributed by atoms with van der Waals surface area (Å²) in [4.78, 5) is 27.9. The van der Waals surface area contributed by atoms with E-state index in [-0.39, 0.29) is 5.91 Å². The molecule has 0 aliphatic heterocycles. The molecule has 2 aromatic heterocycles. The molecule has 0 radical (unpaired) electrons. The second-order valence-corrected chi connectivity index (χ2v) is 6.21. The van der Waals surface area contributed by atoms with Crippen LogP contribution in [0, 0.1) is 6.92 Å². The van der Waals surface area contributed by atoms with Crippen LogP contribution >= 0.6 is 11.3 Å². The Bertz CT molecular complexity index is 915. The molecule has 7 nitrogen and oxygen atoms in total. The van der Waals surface area contributed by atoms with Gasteiger partial charge in [0.15, 0.2) is 11.5 Å². The molecular weight excluding hydrogens is 328 g/mol. The van der Waals surface area contributed by atoms with Crippen LogP contribution in [0.1, 0.15) is 23.2 Å². The van der Waals surface area contributed by atoms with E-state index < -0.39 is 11.9 Å². The van der Waals surface area contributed by atoms with E-state index in [4.69, 9.17) is 10.2 Å². The maximum Gasteiger partial charge on any atom is 0.251 e. The summed E-state index contributed by atoms with van der Waals surface area (Å²) >= 11 is 1.25. The first-order valence-electron chi connectivity index (χ1n) is 7.26. The first-order chi connectivity index (χ1) is 11.4. The van der Waals surface area contributed by atoms with E-state index in [2.05, 4.69) is 15.6 Å². The predicted octanol–water partition coefficient (Wildman–Crippen LogP) is 2.74. The minimum Gasteiger partial charge on any atom is -0.441 e. The lowest BCUT2D eigenvalue weighted by Crippen LogP contribution is -2.32. The van der Waals surface area contributed by atoms with Crippen LogP contribution in [0.15, 0.2) is 34.1 Å². The van der Waals surface area contributed by atoms with Gasteiger partial charge in [-0.25, -0.2) is 4.98 Å². The number of thiophene rings is 1. The Hall–Kier alpha value is -2.87. The molecule has 0 bridgehead atoms. The first-order valence-corrected chi connectivity index (χ1v) is 8.14. The summed E-state index contributed by atoms with van der Waals surface area (Å²) < 4.78 is 5.42. The number of aromatic nitrogens is 1. The highest BCUT2D eigenvalue weighted by atomic mass is 32.1. The molecule has 8 heteroatoms. The summed E-state index contributed by atoms with van der Waals surface area (Å²) in [5, 5.41) is 7.97. The molecule has 0 saturated carbocycles. The Morgan fingerprint density at radius 3 is 2.88 bits per heavy atom. The molecule has 124 valence electrons. The van der Waals surface area contributed by atoms with Crippen LogP contribution in [-0.4, -0.2) is 22.8 Å². The van der Waals surface area contributed by atoms with Crippen LogP contribution in [0.3, 0.4) is 0 Å². The van der Waals surface area contributed by atoms with Gasteiger partial charge in [-0.3, -0.25) is 9.59 Å². The molecular formula is C16H16N4O3S. The fraction of sp³-hybridized carbons (Fsp3) is 0.188. The molecule has 0 aliphatic rings. The van der Waals surface area contributed by atoms with Gasteiger partial charge in [0.05, 0.1) is 5.56 Å². The zero-order valence-electron chi connectivity index (χ0n) is 13.1. The molecule has 0 fully saturated rings. The minimum absolute atomic E-state index is 0.267. The minimum atomic E-state index is -0.570. The Morgan fingerprint density at radius 1 is 1.33 bits per heavy atom. The highest BCUT2D eigenvalue weighted by molar-refractivity contribution is 7.14. The number of nitrogens with one attached hydrogen (secondary N) is 2. The zero-order valence-corrected chi connectivity index (χ0v) is 13.9. The van der Waals surface area contributed by atoms with Crippen molar-refractivity contribution in [2.24, 2.45) is 5.73 Å². The summed E-state index contributed by atoms with van der Waals surface area (Å²) in [6, 6.07) is 6.50. The number of hydrogen-bond acceptors (Lipinski definition) is 6. The van der Waals surface area contributed by atoms with E-state index in [1.165, 1.54) is 11.3 Å². The average Bonchev–Trinajstić information content (AvgIpc) is 3.12. The summed E-state index contributed by atoms with van der Waals surface area (Å²) in [7, 11) is 0. The number of nitrogens with zero attached hydrogens (tertiary/aromatic N) is 1. The van der Waals surface area contributed by atoms with Crippen molar-refractivity contribution in [1.29, 1.82) is 0 Å². The van der Waals surface area contributed by atoms with Gasteiger partial charge in [0.1, 0.15) is 16.6 Å². The number of nitrogens with two attached hydrogens (primary N) is 1. The summed E-state index contributed by atoms with van der Waals surface area (Å²) in [5.41, 5.74) is 7.75. The Kier molecular flexibility index (Phi) is 4.22. The third-order valence-electron chi connectivity index (χ3n) is 3.44. The van der Waals surface area contributed by atoms with Crippen LogP contribution in [-0.2, 0) is 4.79 Å². The quantitative estimate of drug-likeness (QED) is 0.659. The highest BCUT2D eigenvalue weighted by Crippen LogP contribution is 2.24. The number of primary amides is 1. The van der Waals surface area contributed by atoms with E-state index >= 15 is 0 Å². The van der Waals surface area contributed by atoms with Crippen molar-refractivity contribution < 1.29 is 14.0 Å². The number of anilines is 2. The number of rotatable bonds is 5. The summed E-state index contributed by atoms with van der Waals surface area (Å²) in [6.45, 7) is 3.51. The second-order valence-electron chi connectivity index (χ2n) is 5.30. The van der Waals surface area contributed by atoms with Crippen molar-refractivity contribution in [3.05, 3.63) is 41.1 Å². The van der Waals surface area contributed by atoms with Crippen molar-refractivity contribution in [3.8, 4) is 0 Å². The lowest BCUT2D eigenvalue weighted by atomic mass is 10.2. The van der Waals surface area contributed by atoms with E-state index in [0.717, 1.165) is 11.2 Å². The molecule has 0 spiro atoms. The van der Waals surface area contributed by atoms with Gasteiger partial charge in [-0.15, -0.1) is 11.3 Å². The van der Waals surface area contributed by atoms with Gasteiger partial charge >= 0.3 is 0 Å². The summed E-state index contributed by atoms with van der Waals surface area (Å²) in [6.07, 6.45) is 0. The third-order valence-corrected chi connectivity index (χ3v) is 4.27. The van der Waals surface area contributed by atoms with Gasteiger partial charge in [0.2, 0.25) is 5.91 Å². The van der Waals surface area contributed by atoms with Gasteiger partial charge in [-0.1, -0.05) is 0 Å². The molecule has 4 N–H and O–H groups in total. The van der Waals surface area contributed by atoms with Gasteiger partial charge in [-0.05, 0) is 36.6 Å². The molecule has 0 saturated heterocycles. The molecule has 1 aromatic carbocycles. The third kappa shape index (κ3) is 3.23. The molecule has 24 heavy (non-hydrogen) atoms. The largest absolute Gasteiger partial charge is 0.441 e. The molecule has 1 unspecified atom stereocenters. The lowest BCUT2D eigenvalue weighted by molar-refractivity contribution is -0.116. The molecule has 2 heterocycles. The molecule has 0 aliphatic carbocycles. The number of benzene rings is 1. The number of fused-ring (bicyclic) bond motifs is 1. The maximum absolute atomic E-state index is 12.3. The number of hydrogen-bond donors (Lipinski definition) is 3. The number of carbonyl (C=O) groups excluding carboxylic acids is 2. The highest BCUT2D eigenvalue weighted by Gasteiger charge is 2.17. The number of aryl methyl sites for hydroxylation is 1. The SMILES string of the molecule is Cc1nc2cc(NC(C)C(=O)Nc3sccc3C(N)=O)ccc2o1. The van der Waals surface area contributed by atoms with Gasteiger partial charge in [-0.2, -0.15) is 0 Å².